The molecule has 0 saturated carbocycles. The van der Waals surface area contributed by atoms with Gasteiger partial charge in [-0.05, 0) is 18.2 Å². The topological polar surface area (TPSA) is 102 Å². The van der Waals surface area contributed by atoms with E-state index in [0.717, 1.165) is 0 Å². The molecule has 9 heteroatoms. The smallest absolute Gasteiger partial charge is 0.328 e. The Bertz CT molecular complexity index is 879. The summed E-state index contributed by atoms with van der Waals surface area (Å²) in [6.45, 7) is 1.66. The number of imidazole rings is 1. The predicted octanol–water partition coefficient (Wildman–Crippen LogP) is -0.709. The summed E-state index contributed by atoms with van der Waals surface area (Å²) >= 11 is 0. The summed E-state index contributed by atoms with van der Waals surface area (Å²) in [5.74, 6) is -0.222. The van der Waals surface area contributed by atoms with Crippen LogP contribution in [0, 0.1) is 0 Å². The summed E-state index contributed by atoms with van der Waals surface area (Å²) in [7, 11) is -0.478. The maximum absolute atomic E-state index is 12.2. The molecule has 2 rings (SSSR count). The van der Waals surface area contributed by atoms with Gasteiger partial charge in [-0.3, -0.25) is 13.9 Å². The van der Waals surface area contributed by atoms with Crippen LogP contribution in [0.2, 0.25) is 0 Å². The molecule has 2 aromatic rings. The zero-order valence-electron chi connectivity index (χ0n) is 12.6. The van der Waals surface area contributed by atoms with E-state index in [0.29, 0.717) is 11.0 Å². The lowest BCUT2D eigenvalue weighted by Crippen LogP contribution is -2.33. The Kier molecular flexibility index (Phi) is 4.38. The monoisotopic (exact) mass is 326 g/mol. The molecule has 0 aliphatic carbocycles. The minimum absolute atomic E-state index is 0.0732. The second-order valence-corrected chi connectivity index (χ2v) is 6.70. The van der Waals surface area contributed by atoms with Crippen molar-refractivity contribution < 1.29 is 13.2 Å². The van der Waals surface area contributed by atoms with Gasteiger partial charge in [-0.1, -0.05) is 0 Å². The second kappa shape index (κ2) is 5.93. The van der Waals surface area contributed by atoms with Gasteiger partial charge >= 0.3 is 5.69 Å². The van der Waals surface area contributed by atoms with Crippen LogP contribution in [-0.2, 0) is 28.9 Å². The van der Waals surface area contributed by atoms with E-state index in [9.17, 15) is 18.0 Å². The summed E-state index contributed by atoms with van der Waals surface area (Å²) in [6, 6.07) is 4.50. The molecule has 1 aromatic heterocycles. The highest BCUT2D eigenvalue weighted by Crippen LogP contribution is 2.17. The lowest BCUT2D eigenvalue weighted by atomic mass is 10.3. The van der Waals surface area contributed by atoms with Crippen LogP contribution in [0.15, 0.2) is 27.9 Å². The summed E-state index contributed by atoms with van der Waals surface area (Å²) in [5, 5.41) is 2.50. The van der Waals surface area contributed by atoms with Gasteiger partial charge in [-0.2, -0.15) is 0 Å². The molecule has 1 heterocycles. The van der Waals surface area contributed by atoms with E-state index in [1.807, 2.05) is 0 Å². The third-order valence-corrected chi connectivity index (χ3v) is 4.80. The number of rotatable bonds is 5. The maximum atomic E-state index is 12.2. The average Bonchev–Trinajstić information content (AvgIpc) is 2.68. The Labute approximate surface area is 127 Å². The molecule has 2 N–H and O–H groups in total. The first kappa shape index (κ1) is 16.2. The predicted molar refractivity (Wildman–Crippen MR) is 82.0 cm³/mol. The van der Waals surface area contributed by atoms with Gasteiger partial charge in [-0.15, -0.1) is 0 Å². The molecule has 0 atom stereocenters. The van der Waals surface area contributed by atoms with E-state index in [1.165, 1.54) is 28.2 Å². The minimum atomic E-state index is -3.70. The maximum Gasteiger partial charge on any atom is 0.328 e. The number of hydrogen-bond donors (Lipinski definition) is 2. The van der Waals surface area contributed by atoms with Crippen LogP contribution in [0.5, 0.6) is 0 Å². The van der Waals surface area contributed by atoms with E-state index in [1.54, 1.807) is 20.2 Å². The molecule has 0 aliphatic heterocycles. The highest BCUT2D eigenvalue weighted by atomic mass is 32.2. The van der Waals surface area contributed by atoms with Gasteiger partial charge in [0.2, 0.25) is 15.9 Å². The van der Waals surface area contributed by atoms with Crippen LogP contribution >= 0.6 is 0 Å². The van der Waals surface area contributed by atoms with E-state index in [2.05, 4.69) is 10.0 Å². The molecule has 0 spiro atoms. The number of aryl methyl sites for hydroxylation is 2. The van der Waals surface area contributed by atoms with Crippen molar-refractivity contribution in [2.45, 2.75) is 11.8 Å². The molecule has 0 bridgehead atoms. The number of nitrogens with one attached hydrogen (secondary N) is 2. The lowest BCUT2D eigenvalue weighted by molar-refractivity contribution is -0.118. The number of carbonyl (C=O) groups excluding carboxylic acids is 1. The van der Waals surface area contributed by atoms with Crippen LogP contribution in [-0.4, -0.2) is 36.5 Å². The second-order valence-electron chi connectivity index (χ2n) is 4.93. The number of carbonyl (C=O) groups is 1. The van der Waals surface area contributed by atoms with Crippen LogP contribution in [0.3, 0.4) is 0 Å². The highest BCUT2D eigenvalue weighted by Gasteiger charge is 2.16. The molecular formula is C13H18N4O4S. The van der Waals surface area contributed by atoms with E-state index in [4.69, 9.17) is 0 Å². The molecular weight excluding hydrogens is 308 g/mol. The van der Waals surface area contributed by atoms with E-state index >= 15 is 0 Å². The van der Waals surface area contributed by atoms with Crippen molar-refractivity contribution in [2.75, 3.05) is 13.1 Å². The van der Waals surface area contributed by atoms with E-state index < -0.39 is 10.0 Å². The number of fused-ring (bicyclic) bond motifs is 1. The number of amides is 1. The number of sulfonamides is 1. The normalized spacial score (nSPS) is 11.8. The Hall–Kier alpha value is -2.13. The minimum Gasteiger partial charge on any atom is -0.355 e. The third-order valence-electron chi connectivity index (χ3n) is 3.34. The number of nitrogens with zero attached hydrogens (tertiary/aromatic N) is 2. The van der Waals surface area contributed by atoms with Gasteiger partial charge in [0.1, 0.15) is 0 Å². The van der Waals surface area contributed by atoms with Crippen molar-refractivity contribution in [3.05, 3.63) is 28.7 Å². The van der Waals surface area contributed by atoms with Crippen molar-refractivity contribution in [3.63, 3.8) is 0 Å². The first-order valence-corrected chi connectivity index (χ1v) is 8.12. The van der Waals surface area contributed by atoms with Crippen LogP contribution in [0.25, 0.3) is 11.0 Å². The summed E-state index contributed by atoms with van der Waals surface area (Å²) in [5.41, 5.74) is 0.977. The molecule has 1 aromatic carbocycles. The van der Waals surface area contributed by atoms with Gasteiger partial charge < -0.3 is 5.32 Å². The molecule has 120 valence electrons. The van der Waals surface area contributed by atoms with E-state index in [-0.39, 0.29) is 29.6 Å². The number of aromatic nitrogens is 2. The van der Waals surface area contributed by atoms with Gasteiger partial charge in [0.15, 0.2) is 0 Å². The van der Waals surface area contributed by atoms with Crippen LogP contribution in [0.1, 0.15) is 6.92 Å². The van der Waals surface area contributed by atoms with Crippen molar-refractivity contribution in [3.8, 4) is 0 Å². The fourth-order valence-corrected chi connectivity index (χ4v) is 3.21. The Morgan fingerprint density at radius 2 is 1.77 bits per heavy atom. The van der Waals surface area contributed by atoms with Gasteiger partial charge in [0, 0.05) is 34.1 Å². The number of benzene rings is 1. The van der Waals surface area contributed by atoms with Gasteiger partial charge in [-0.25, -0.2) is 17.9 Å². The SMILES string of the molecule is CC(=O)NCCNS(=O)(=O)c1ccc2c(c1)n(C)c(=O)n2C. The number of hydrogen-bond acceptors (Lipinski definition) is 4. The molecule has 0 unspecified atom stereocenters. The van der Waals surface area contributed by atoms with Crippen LogP contribution in [0.4, 0.5) is 0 Å². The zero-order valence-corrected chi connectivity index (χ0v) is 13.4. The zero-order chi connectivity index (χ0) is 16.5. The van der Waals surface area contributed by atoms with Gasteiger partial charge in [0.05, 0.1) is 15.9 Å². The quantitative estimate of drug-likeness (QED) is 0.709. The Morgan fingerprint density at radius 3 is 2.41 bits per heavy atom. The molecule has 22 heavy (non-hydrogen) atoms. The fraction of sp³-hybridized carbons (Fsp3) is 0.385. The van der Waals surface area contributed by atoms with Crippen molar-refractivity contribution >= 4 is 27.0 Å². The van der Waals surface area contributed by atoms with Crippen molar-refractivity contribution in [1.82, 2.24) is 19.2 Å². The van der Waals surface area contributed by atoms with Crippen molar-refractivity contribution in [1.29, 1.82) is 0 Å². The van der Waals surface area contributed by atoms with Crippen molar-refractivity contribution in [2.24, 2.45) is 14.1 Å². The molecule has 0 saturated heterocycles. The first-order chi connectivity index (χ1) is 10.2. The van der Waals surface area contributed by atoms with Crippen LogP contribution < -0.4 is 15.7 Å². The highest BCUT2D eigenvalue weighted by molar-refractivity contribution is 7.89. The fourth-order valence-electron chi connectivity index (χ4n) is 2.16. The largest absolute Gasteiger partial charge is 0.355 e. The van der Waals surface area contributed by atoms with Gasteiger partial charge in [0.25, 0.3) is 0 Å². The molecule has 0 fully saturated rings. The Morgan fingerprint density at radius 1 is 1.14 bits per heavy atom. The molecule has 0 aliphatic rings. The summed E-state index contributed by atoms with van der Waals surface area (Å²) in [6.07, 6.45) is 0. The Balaban J connectivity index is 2.28. The average molecular weight is 326 g/mol. The summed E-state index contributed by atoms with van der Waals surface area (Å²) in [4.78, 5) is 22.7. The standard InChI is InChI=1S/C13H18N4O4S/c1-9(18)14-6-7-15-22(20,21)10-4-5-11-12(8-10)17(3)13(19)16(11)2/h4-5,8,15H,6-7H2,1-3H3,(H,14,18). The lowest BCUT2D eigenvalue weighted by Gasteiger charge is -2.07. The molecule has 1 amide bonds. The first-order valence-electron chi connectivity index (χ1n) is 6.63. The summed E-state index contributed by atoms with van der Waals surface area (Å²) < 4.78 is 29.7. The molecule has 0 radical (unpaired) electrons. The molecule has 8 nitrogen and oxygen atoms in total. The third kappa shape index (κ3) is 3.04.